The predicted molar refractivity (Wildman–Crippen MR) is 55.7 cm³/mol. The third-order valence-electron chi connectivity index (χ3n) is 2.04. The number of hydrogen-bond acceptors (Lipinski definition) is 6. The van der Waals surface area contributed by atoms with E-state index in [0.717, 1.165) is 19.2 Å². The lowest BCUT2D eigenvalue weighted by Gasteiger charge is -2.05. The highest BCUT2D eigenvalue weighted by molar-refractivity contribution is 5.94. The molecule has 7 nitrogen and oxygen atoms in total. The SMILES string of the molecule is COC(=O)c1cc(C#N)c(OC)cc1[N+](=O)[O-]. The molecule has 1 aromatic carbocycles. The number of nitriles is 1. The van der Waals surface area contributed by atoms with Gasteiger partial charge in [-0.05, 0) is 6.07 Å². The molecule has 0 radical (unpaired) electrons. The number of carbonyl (C=O) groups excluding carboxylic acids is 1. The number of nitro benzene ring substituents is 1. The Hall–Kier alpha value is -2.62. The first-order valence-electron chi connectivity index (χ1n) is 4.40. The number of benzene rings is 1. The average Bonchev–Trinajstić information content (AvgIpc) is 2.35. The molecule has 1 rings (SSSR count). The second-order valence-corrected chi connectivity index (χ2v) is 2.93. The van der Waals surface area contributed by atoms with Crippen molar-refractivity contribution in [3.05, 3.63) is 33.4 Å². The normalized spacial score (nSPS) is 9.24. The molecule has 0 unspecified atom stereocenters. The number of hydrogen-bond donors (Lipinski definition) is 0. The number of rotatable bonds is 3. The van der Waals surface area contributed by atoms with E-state index >= 15 is 0 Å². The molecule has 7 heteroatoms. The molecule has 0 aliphatic heterocycles. The van der Waals surface area contributed by atoms with Crippen molar-refractivity contribution in [2.45, 2.75) is 0 Å². The molecule has 0 aromatic heterocycles. The van der Waals surface area contributed by atoms with Gasteiger partial charge in [0.15, 0.2) is 0 Å². The second-order valence-electron chi connectivity index (χ2n) is 2.93. The summed E-state index contributed by atoms with van der Waals surface area (Å²) in [4.78, 5) is 21.4. The molecule has 0 aliphatic carbocycles. The molecule has 0 spiro atoms. The Balaban J connectivity index is 3.52. The van der Waals surface area contributed by atoms with Gasteiger partial charge >= 0.3 is 5.97 Å². The Bertz CT molecular complexity index is 518. The van der Waals surface area contributed by atoms with Gasteiger partial charge in [-0.15, -0.1) is 0 Å². The molecule has 88 valence electrons. The van der Waals surface area contributed by atoms with E-state index < -0.39 is 16.6 Å². The van der Waals surface area contributed by atoms with Crippen LogP contribution in [-0.4, -0.2) is 25.1 Å². The molecule has 0 N–H and O–H groups in total. The summed E-state index contributed by atoms with van der Waals surface area (Å²) >= 11 is 0. The van der Waals surface area contributed by atoms with Gasteiger partial charge in [-0.25, -0.2) is 4.79 Å². The predicted octanol–water partition coefficient (Wildman–Crippen LogP) is 1.26. The summed E-state index contributed by atoms with van der Waals surface area (Å²) in [6.45, 7) is 0. The Kier molecular flexibility index (Phi) is 3.62. The molecule has 0 atom stereocenters. The third-order valence-corrected chi connectivity index (χ3v) is 2.04. The third kappa shape index (κ3) is 2.31. The number of methoxy groups -OCH3 is 2. The van der Waals surface area contributed by atoms with E-state index in [1.54, 1.807) is 6.07 Å². The Labute approximate surface area is 96.3 Å². The van der Waals surface area contributed by atoms with Crippen LogP contribution in [0.4, 0.5) is 5.69 Å². The van der Waals surface area contributed by atoms with Gasteiger partial charge in [-0.3, -0.25) is 10.1 Å². The summed E-state index contributed by atoms with van der Waals surface area (Å²) in [5.41, 5.74) is -0.721. The van der Waals surface area contributed by atoms with Crippen molar-refractivity contribution >= 4 is 11.7 Å². The number of ether oxygens (including phenoxy) is 2. The highest BCUT2D eigenvalue weighted by atomic mass is 16.6. The molecular weight excluding hydrogens is 228 g/mol. The van der Waals surface area contributed by atoms with E-state index in [4.69, 9.17) is 10.00 Å². The van der Waals surface area contributed by atoms with Gasteiger partial charge in [-0.2, -0.15) is 5.26 Å². The zero-order valence-corrected chi connectivity index (χ0v) is 9.09. The van der Waals surface area contributed by atoms with Gasteiger partial charge in [0.25, 0.3) is 5.69 Å². The van der Waals surface area contributed by atoms with E-state index in [1.165, 1.54) is 7.11 Å². The molecule has 0 saturated heterocycles. The Morgan fingerprint density at radius 3 is 2.53 bits per heavy atom. The standard InChI is InChI=1S/C10H8N2O5/c1-16-9-4-8(12(14)15)7(10(13)17-2)3-6(9)5-11/h3-4H,1-2H3. The maximum absolute atomic E-state index is 11.3. The lowest BCUT2D eigenvalue weighted by Crippen LogP contribution is -2.07. The van der Waals surface area contributed by atoms with Crippen LogP contribution in [0.15, 0.2) is 12.1 Å². The smallest absolute Gasteiger partial charge is 0.344 e. The van der Waals surface area contributed by atoms with Crippen molar-refractivity contribution < 1.29 is 19.2 Å². The number of nitro groups is 1. The van der Waals surface area contributed by atoms with Crippen LogP contribution in [0.1, 0.15) is 15.9 Å². The minimum Gasteiger partial charge on any atom is -0.495 e. The highest BCUT2D eigenvalue weighted by Crippen LogP contribution is 2.28. The quantitative estimate of drug-likeness (QED) is 0.444. The minimum absolute atomic E-state index is 0.0264. The van der Waals surface area contributed by atoms with E-state index in [2.05, 4.69) is 4.74 Å². The molecule has 0 saturated carbocycles. The lowest BCUT2D eigenvalue weighted by atomic mass is 10.1. The Morgan fingerprint density at radius 1 is 1.47 bits per heavy atom. The maximum atomic E-state index is 11.3. The summed E-state index contributed by atoms with van der Waals surface area (Å²) < 4.78 is 9.22. The summed E-state index contributed by atoms with van der Waals surface area (Å²) in [5.74, 6) is -0.845. The van der Waals surface area contributed by atoms with Crippen LogP contribution >= 0.6 is 0 Å². The van der Waals surface area contributed by atoms with Crippen molar-refractivity contribution in [3.63, 3.8) is 0 Å². The first-order chi connectivity index (χ1) is 8.04. The lowest BCUT2D eigenvalue weighted by molar-refractivity contribution is -0.385. The van der Waals surface area contributed by atoms with E-state index in [-0.39, 0.29) is 16.9 Å². The highest BCUT2D eigenvalue weighted by Gasteiger charge is 2.24. The minimum atomic E-state index is -0.879. The van der Waals surface area contributed by atoms with Crippen molar-refractivity contribution in [2.24, 2.45) is 0 Å². The zero-order valence-electron chi connectivity index (χ0n) is 9.09. The molecule has 0 fully saturated rings. The molecule has 0 bridgehead atoms. The van der Waals surface area contributed by atoms with Crippen molar-refractivity contribution in [1.29, 1.82) is 5.26 Å². The first kappa shape index (κ1) is 12.4. The number of esters is 1. The van der Waals surface area contributed by atoms with Crippen LogP contribution in [0, 0.1) is 21.4 Å². The largest absolute Gasteiger partial charge is 0.495 e. The molecule has 0 amide bonds. The van der Waals surface area contributed by atoms with Crippen LogP contribution in [0.2, 0.25) is 0 Å². The van der Waals surface area contributed by atoms with Gasteiger partial charge in [0.1, 0.15) is 17.4 Å². The average molecular weight is 236 g/mol. The van der Waals surface area contributed by atoms with E-state index in [9.17, 15) is 14.9 Å². The summed E-state index contributed by atoms with van der Waals surface area (Å²) in [7, 11) is 2.38. The van der Waals surface area contributed by atoms with Gasteiger partial charge in [0, 0.05) is 0 Å². The fourth-order valence-corrected chi connectivity index (χ4v) is 1.25. The van der Waals surface area contributed by atoms with Gasteiger partial charge < -0.3 is 9.47 Å². The maximum Gasteiger partial charge on any atom is 0.344 e. The molecule has 0 aliphatic rings. The van der Waals surface area contributed by atoms with Crippen LogP contribution in [0.25, 0.3) is 0 Å². The second kappa shape index (κ2) is 4.94. The van der Waals surface area contributed by atoms with Crippen LogP contribution < -0.4 is 4.74 Å². The topological polar surface area (TPSA) is 102 Å². The van der Waals surface area contributed by atoms with Crippen LogP contribution in [0.3, 0.4) is 0 Å². The van der Waals surface area contributed by atoms with Crippen molar-refractivity contribution in [2.75, 3.05) is 14.2 Å². The first-order valence-corrected chi connectivity index (χ1v) is 4.40. The van der Waals surface area contributed by atoms with E-state index in [0.29, 0.717) is 0 Å². The van der Waals surface area contributed by atoms with Crippen molar-refractivity contribution in [1.82, 2.24) is 0 Å². The summed E-state index contributed by atoms with van der Waals surface area (Å²) in [5, 5.41) is 19.6. The fourth-order valence-electron chi connectivity index (χ4n) is 1.25. The molecule has 0 heterocycles. The van der Waals surface area contributed by atoms with Gasteiger partial charge in [0.2, 0.25) is 0 Å². The number of carbonyl (C=O) groups is 1. The van der Waals surface area contributed by atoms with Gasteiger partial charge in [-0.1, -0.05) is 0 Å². The van der Waals surface area contributed by atoms with Crippen LogP contribution in [0.5, 0.6) is 5.75 Å². The summed E-state index contributed by atoms with van der Waals surface area (Å²) in [6.07, 6.45) is 0. The zero-order chi connectivity index (χ0) is 13.0. The molecule has 1 aromatic rings. The summed E-state index contributed by atoms with van der Waals surface area (Å²) in [6, 6.07) is 3.87. The van der Waals surface area contributed by atoms with Crippen molar-refractivity contribution in [3.8, 4) is 11.8 Å². The molecule has 17 heavy (non-hydrogen) atoms. The fraction of sp³-hybridized carbons (Fsp3) is 0.200. The van der Waals surface area contributed by atoms with E-state index in [1.807, 2.05) is 0 Å². The Morgan fingerprint density at radius 2 is 2.12 bits per heavy atom. The monoisotopic (exact) mass is 236 g/mol. The number of nitrogens with zero attached hydrogens (tertiary/aromatic N) is 2. The van der Waals surface area contributed by atoms with Crippen LogP contribution in [-0.2, 0) is 4.74 Å². The molecular formula is C10H8N2O5. The van der Waals surface area contributed by atoms with Gasteiger partial charge in [0.05, 0.1) is 30.8 Å².